The van der Waals surface area contributed by atoms with Gasteiger partial charge in [-0.05, 0) is 21.0 Å². The van der Waals surface area contributed by atoms with E-state index >= 15 is 0 Å². The second kappa shape index (κ2) is 6.62. The van der Waals surface area contributed by atoms with E-state index in [-0.39, 0.29) is 11.8 Å². The summed E-state index contributed by atoms with van der Waals surface area (Å²) in [4.78, 5) is 2.14. The second-order valence-electron chi connectivity index (χ2n) is 3.90. The minimum atomic E-state index is 0.0642. The molecule has 0 spiro atoms. The van der Waals surface area contributed by atoms with Gasteiger partial charge < -0.3 is 21.2 Å². The highest BCUT2D eigenvalue weighted by Gasteiger charge is 2.08. The van der Waals surface area contributed by atoms with E-state index in [1.807, 2.05) is 21.0 Å². The molecule has 4 N–H and O–H groups in total. The van der Waals surface area contributed by atoms with Gasteiger partial charge in [0.05, 0.1) is 0 Å². The fraction of sp³-hybridized carbons (Fsp3) is 0.889. The van der Waals surface area contributed by atoms with E-state index in [1.54, 1.807) is 0 Å². The lowest BCUT2D eigenvalue weighted by Crippen LogP contribution is -2.39. The Morgan fingerprint density at radius 2 is 2.00 bits per heavy atom. The molecule has 2 atom stereocenters. The Bertz CT molecular complexity index is 182. The van der Waals surface area contributed by atoms with Crippen molar-refractivity contribution < 1.29 is 5.21 Å². The van der Waals surface area contributed by atoms with Crippen LogP contribution in [0.3, 0.4) is 0 Å². The summed E-state index contributed by atoms with van der Waals surface area (Å²) in [5.74, 6) is 0.337. The molecule has 0 bridgehead atoms. The summed E-state index contributed by atoms with van der Waals surface area (Å²) >= 11 is 0. The van der Waals surface area contributed by atoms with E-state index in [0.717, 1.165) is 13.1 Å². The molecule has 84 valence electrons. The molecule has 0 aliphatic heterocycles. The predicted octanol–water partition coefficient (Wildman–Crippen LogP) is -0.0914. The Labute approximate surface area is 86.0 Å². The van der Waals surface area contributed by atoms with Crippen molar-refractivity contribution in [3.8, 4) is 0 Å². The minimum absolute atomic E-state index is 0.0642. The number of likely N-dealkylation sites (N-methyl/N-ethyl adjacent to an activating group) is 1. The molecule has 2 unspecified atom stereocenters. The van der Waals surface area contributed by atoms with Crippen LogP contribution in [0.15, 0.2) is 5.16 Å². The van der Waals surface area contributed by atoms with Gasteiger partial charge in [-0.1, -0.05) is 12.1 Å². The van der Waals surface area contributed by atoms with E-state index in [0.29, 0.717) is 6.04 Å². The van der Waals surface area contributed by atoms with Crippen molar-refractivity contribution in [2.75, 3.05) is 27.2 Å². The zero-order valence-corrected chi connectivity index (χ0v) is 9.49. The first-order valence-corrected chi connectivity index (χ1v) is 4.83. The van der Waals surface area contributed by atoms with Crippen molar-refractivity contribution in [2.24, 2.45) is 16.8 Å². The third kappa shape index (κ3) is 5.04. The maximum absolute atomic E-state index is 8.43. The Kier molecular flexibility index (Phi) is 6.23. The van der Waals surface area contributed by atoms with Crippen molar-refractivity contribution in [1.82, 2.24) is 10.2 Å². The summed E-state index contributed by atoms with van der Waals surface area (Å²) in [5.41, 5.74) is 5.44. The van der Waals surface area contributed by atoms with E-state index < -0.39 is 0 Å². The number of nitrogens with two attached hydrogens (primary N) is 1. The van der Waals surface area contributed by atoms with Gasteiger partial charge in [-0.15, -0.1) is 0 Å². The molecule has 5 nitrogen and oxygen atoms in total. The Hall–Kier alpha value is -0.810. The van der Waals surface area contributed by atoms with E-state index in [2.05, 4.69) is 22.3 Å². The second-order valence-corrected chi connectivity index (χ2v) is 3.90. The van der Waals surface area contributed by atoms with Crippen LogP contribution in [-0.2, 0) is 0 Å². The standard InChI is InChI=1S/C9H22N4O/c1-7(9(10)12-14)5-11-6-8(2)13(3)4/h7-8,11,14H,5-6H2,1-4H3,(H2,10,12). The van der Waals surface area contributed by atoms with Crippen LogP contribution >= 0.6 is 0 Å². The first-order valence-electron chi connectivity index (χ1n) is 4.83. The summed E-state index contributed by atoms with van der Waals surface area (Å²) in [6, 6.07) is 0.481. The normalized spacial score (nSPS) is 17.1. The maximum atomic E-state index is 8.43. The zero-order valence-electron chi connectivity index (χ0n) is 9.49. The number of oxime groups is 1. The van der Waals surface area contributed by atoms with Gasteiger partial charge in [0.1, 0.15) is 5.84 Å². The molecule has 0 saturated heterocycles. The first-order chi connectivity index (χ1) is 6.49. The van der Waals surface area contributed by atoms with Crippen molar-refractivity contribution in [1.29, 1.82) is 0 Å². The lowest BCUT2D eigenvalue weighted by molar-refractivity contribution is 0.299. The highest BCUT2D eigenvalue weighted by Crippen LogP contribution is 1.93. The minimum Gasteiger partial charge on any atom is -0.409 e. The quantitative estimate of drug-likeness (QED) is 0.243. The average molecular weight is 202 g/mol. The van der Waals surface area contributed by atoms with Gasteiger partial charge in [0.2, 0.25) is 0 Å². The van der Waals surface area contributed by atoms with Crippen LogP contribution < -0.4 is 11.1 Å². The summed E-state index contributed by atoms with van der Waals surface area (Å²) in [7, 11) is 4.08. The molecule has 0 aromatic rings. The van der Waals surface area contributed by atoms with Crippen molar-refractivity contribution in [3.63, 3.8) is 0 Å². The molecule has 14 heavy (non-hydrogen) atoms. The van der Waals surface area contributed by atoms with Gasteiger partial charge in [0, 0.05) is 25.0 Å². The third-order valence-corrected chi connectivity index (χ3v) is 2.39. The van der Waals surface area contributed by atoms with Gasteiger partial charge in [0.25, 0.3) is 0 Å². The van der Waals surface area contributed by atoms with Crippen LogP contribution in [0.5, 0.6) is 0 Å². The molecule has 0 saturated carbocycles. The van der Waals surface area contributed by atoms with Crippen LogP contribution in [0, 0.1) is 5.92 Å². The van der Waals surface area contributed by atoms with Crippen LogP contribution in [0.1, 0.15) is 13.8 Å². The predicted molar refractivity (Wildman–Crippen MR) is 58.6 cm³/mol. The van der Waals surface area contributed by atoms with Gasteiger partial charge in [0.15, 0.2) is 0 Å². The molecule has 0 aromatic carbocycles. The number of hydrogen-bond acceptors (Lipinski definition) is 4. The third-order valence-electron chi connectivity index (χ3n) is 2.39. The molecule has 0 amide bonds. The maximum Gasteiger partial charge on any atom is 0.143 e. The van der Waals surface area contributed by atoms with Crippen LogP contribution in [-0.4, -0.2) is 49.2 Å². The fourth-order valence-corrected chi connectivity index (χ4v) is 0.894. The molecule has 0 heterocycles. The molecule has 0 radical (unpaired) electrons. The molecular formula is C9H22N4O. The number of nitrogens with zero attached hydrogens (tertiary/aromatic N) is 2. The highest BCUT2D eigenvalue weighted by molar-refractivity contribution is 5.82. The topological polar surface area (TPSA) is 73.9 Å². The van der Waals surface area contributed by atoms with E-state index in [9.17, 15) is 0 Å². The average Bonchev–Trinajstić information content (AvgIpc) is 2.15. The van der Waals surface area contributed by atoms with Crippen LogP contribution in [0.4, 0.5) is 0 Å². The summed E-state index contributed by atoms with van der Waals surface area (Å²) < 4.78 is 0. The van der Waals surface area contributed by atoms with Crippen molar-refractivity contribution >= 4 is 5.84 Å². The number of hydrogen-bond donors (Lipinski definition) is 3. The Balaban J connectivity index is 3.64. The van der Waals surface area contributed by atoms with Gasteiger partial charge in [-0.2, -0.15) is 0 Å². The Morgan fingerprint density at radius 1 is 1.43 bits per heavy atom. The largest absolute Gasteiger partial charge is 0.409 e. The molecular weight excluding hydrogens is 180 g/mol. The summed E-state index contributed by atoms with van der Waals surface area (Å²) in [5, 5.41) is 14.7. The molecule has 0 aliphatic rings. The zero-order chi connectivity index (χ0) is 11.1. The van der Waals surface area contributed by atoms with Gasteiger partial charge in [-0.3, -0.25) is 0 Å². The van der Waals surface area contributed by atoms with Gasteiger partial charge >= 0.3 is 0 Å². The summed E-state index contributed by atoms with van der Waals surface area (Å²) in [6.45, 7) is 5.69. The van der Waals surface area contributed by atoms with Crippen LogP contribution in [0.2, 0.25) is 0 Å². The van der Waals surface area contributed by atoms with Crippen molar-refractivity contribution in [3.05, 3.63) is 0 Å². The van der Waals surface area contributed by atoms with E-state index in [1.165, 1.54) is 0 Å². The monoisotopic (exact) mass is 202 g/mol. The molecule has 0 fully saturated rings. The van der Waals surface area contributed by atoms with Crippen LogP contribution in [0.25, 0.3) is 0 Å². The number of rotatable bonds is 6. The fourth-order valence-electron chi connectivity index (χ4n) is 0.894. The SMILES string of the molecule is CC(CNCC(C)N(C)C)C(N)=NO. The smallest absolute Gasteiger partial charge is 0.143 e. The lowest BCUT2D eigenvalue weighted by atomic mass is 10.1. The van der Waals surface area contributed by atoms with Gasteiger partial charge in [-0.25, -0.2) is 0 Å². The first kappa shape index (κ1) is 13.2. The van der Waals surface area contributed by atoms with E-state index in [4.69, 9.17) is 10.9 Å². The molecule has 0 aliphatic carbocycles. The Morgan fingerprint density at radius 3 is 2.43 bits per heavy atom. The summed E-state index contributed by atoms with van der Waals surface area (Å²) in [6.07, 6.45) is 0. The number of amidine groups is 1. The van der Waals surface area contributed by atoms with Crippen molar-refractivity contribution in [2.45, 2.75) is 19.9 Å². The number of nitrogens with one attached hydrogen (secondary N) is 1. The molecule has 0 aromatic heterocycles. The lowest BCUT2D eigenvalue weighted by Gasteiger charge is -2.21. The highest BCUT2D eigenvalue weighted by atomic mass is 16.4. The molecule has 0 rings (SSSR count). The molecule has 5 heteroatoms.